The van der Waals surface area contributed by atoms with Crippen LogP contribution in [-0.2, 0) is 0 Å². The molecule has 1 heterocycles. The molecule has 2 aliphatic rings. The van der Waals surface area contributed by atoms with Crippen LogP contribution in [0.15, 0.2) is 48.6 Å². The molecule has 0 amide bonds. The molecule has 0 fully saturated rings. The van der Waals surface area contributed by atoms with Crippen LogP contribution in [0.1, 0.15) is 0 Å². The molecule has 0 saturated heterocycles. The van der Waals surface area contributed by atoms with Crippen LogP contribution >= 0.6 is 24.2 Å². The summed E-state index contributed by atoms with van der Waals surface area (Å²) in [6.45, 7) is 0. The predicted octanol–water partition coefficient (Wildman–Crippen LogP) is 2.48. The van der Waals surface area contributed by atoms with Crippen LogP contribution in [0.3, 0.4) is 0 Å². The number of hydrogen-bond donors (Lipinski definition) is 0. The SMILES string of the molecule is C1=CC2C=c3ccccc3=CSC2C=C1.Cl. The Bertz CT molecular complexity index is 542. The summed E-state index contributed by atoms with van der Waals surface area (Å²) in [7, 11) is 0. The lowest BCUT2D eigenvalue weighted by Gasteiger charge is -2.17. The third-order valence-electron chi connectivity index (χ3n) is 2.84. The first kappa shape index (κ1) is 11.6. The van der Waals surface area contributed by atoms with E-state index < -0.39 is 0 Å². The zero-order valence-electron chi connectivity index (χ0n) is 8.74. The third-order valence-corrected chi connectivity index (χ3v) is 4.02. The smallest absolute Gasteiger partial charge is 0.0369 e. The number of hydrogen-bond acceptors (Lipinski definition) is 1. The second-order valence-corrected chi connectivity index (χ2v) is 4.91. The maximum Gasteiger partial charge on any atom is 0.0369 e. The predicted molar refractivity (Wildman–Crippen MR) is 75.0 cm³/mol. The van der Waals surface area contributed by atoms with Gasteiger partial charge in [0.25, 0.3) is 0 Å². The summed E-state index contributed by atoms with van der Waals surface area (Å²) in [4.78, 5) is 0. The van der Waals surface area contributed by atoms with Crippen molar-refractivity contribution in [3.63, 3.8) is 0 Å². The molecule has 0 saturated carbocycles. The molecule has 0 radical (unpaired) electrons. The van der Waals surface area contributed by atoms with Gasteiger partial charge >= 0.3 is 0 Å². The lowest BCUT2D eigenvalue weighted by molar-refractivity contribution is 0.888. The van der Waals surface area contributed by atoms with E-state index in [0.29, 0.717) is 11.2 Å². The minimum absolute atomic E-state index is 0. The molecule has 0 nitrogen and oxygen atoms in total. The minimum Gasteiger partial charge on any atom is -0.147 e. The van der Waals surface area contributed by atoms with Gasteiger partial charge in [0.1, 0.15) is 0 Å². The molecule has 3 rings (SSSR count). The van der Waals surface area contributed by atoms with Gasteiger partial charge in [-0.2, -0.15) is 0 Å². The van der Waals surface area contributed by atoms with Gasteiger partial charge < -0.3 is 0 Å². The van der Waals surface area contributed by atoms with Crippen LogP contribution in [0, 0.1) is 5.92 Å². The Morgan fingerprint density at radius 1 is 0.938 bits per heavy atom. The molecule has 16 heavy (non-hydrogen) atoms. The molecule has 2 unspecified atom stereocenters. The summed E-state index contributed by atoms with van der Waals surface area (Å²) in [5, 5.41) is 5.55. The maximum atomic E-state index is 2.37. The summed E-state index contributed by atoms with van der Waals surface area (Å²) in [6.07, 6.45) is 11.2. The van der Waals surface area contributed by atoms with Crippen LogP contribution in [0.4, 0.5) is 0 Å². The van der Waals surface area contributed by atoms with Crippen LogP contribution in [0.25, 0.3) is 11.5 Å². The molecular weight excluding hydrogens is 236 g/mol. The van der Waals surface area contributed by atoms with Crippen molar-refractivity contribution in [3.05, 3.63) is 59.0 Å². The van der Waals surface area contributed by atoms with Gasteiger partial charge in [-0.1, -0.05) is 54.6 Å². The maximum absolute atomic E-state index is 2.37. The van der Waals surface area contributed by atoms with Crippen molar-refractivity contribution < 1.29 is 0 Å². The molecule has 0 aromatic heterocycles. The highest BCUT2D eigenvalue weighted by Crippen LogP contribution is 2.28. The Balaban J connectivity index is 0.000000963. The standard InChI is InChI=1S/C14H12S.ClH/c1-2-7-13-10-15-14-8-4-3-6-12(14)9-11(13)5-1;/h1-10,12,14H;1H. The van der Waals surface area contributed by atoms with E-state index in [0.717, 1.165) is 0 Å². The number of rotatable bonds is 0. The van der Waals surface area contributed by atoms with Crippen LogP contribution in [-0.4, -0.2) is 5.25 Å². The molecule has 0 spiro atoms. The zero-order valence-corrected chi connectivity index (χ0v) is 10.4. The number of thioether (sulfide) groups is 1. The summed E-state index contributed by atoms with van der Waals surface area (Å²) in [5.74, 6) is 0.542. The van der Waals surface area contributed by atoms with Gasteiger partial charge in [-0.25, -0.2) is 0 Å². The van der Waals surface area contributed by atoms with E-state index >= 15 is 0 Å². The van der Waals surface area contributed by atoms with Gasteiger partial charge in [-0.15, -0.1) is 24.2 Å². The van der Waals surface area contributed by atoms with E-state index in [1.54, 1.807) is 0 Å². The second kappa shape index (κ2) is 4.94. The van der Waals surface area contributed by atoms with Gasteiger partial charge in [-0.3, -0.25) is 0 Å². The fraction of sp³-hybridized carbons (Fsp3) is 0.143. The van der Waals surface area contributed by atoms with Gasteiger partial charge in [0.15, 0.2) is 0 Å². The summed E-state index contributed by atoms with van der Waals surface area (Å²) in [5.41, 5.74) is 0. The Kier molecular flexibility index (Phi) is 3.57. The summed E-state index contributed by atoms with van der Waals surface area (Å²) >= 11 is 1.92. The number of halogens is 1. The molecule has 0 bridgehead atoms. The Labute approximate surface area is 106 Å². The van der Waals surface area contributed by atoms with Crippen LogP contribution < -0.4 is 10.4 Å². The van der Waals surface area contributed by atoms with E-state index in [2.05, 4.69) is 60.1 Å². The fourth-order valence-corrected chi connectivity index (χ4v) is 3.07. The quantitative estimate of drug-likeness (QED) is 0.680. The van der Waals surface area contributed by atoms with E-state index in [9.17, 15) is 0 Å². The Hall–Kier alpha value is -0.920. The van der Waals surface area contributed by atoms with Crippen molar-refractivity contribution in [3.8, 4) is 0 Å². The highest BCUT2D eigenvalue weighted by molar-refractivity contribution is 8.07. The van der Waals surface area contributed by atoms with Crippen molar-refractivity contribution in [2.24, 2.45) is 5.92 Å². The molecule has 0 N–H and O–H groups in total. The third kappa shape index (κ3) is 2.11. The van der Waals surface area contributed by atoms with E-state index in [-0.39, 0.29) is 12.4 Å². The van der Waals surface area contributed by atoms with E-state index in [1.807, 2.05) is 11.8 Å². The largest absolute Gasteiger partial charge is 0.147 e. The van der Waals surface area contributed by atoms with Crippen LogP contribution in [0.2, 0.25) is 0 Å². The van der Waals surface area contributed by atoms with Gasteiger partial charge in [0.2, 0.25) is 0 Å². The van der Waals surface area contributed by atoms with Crippen molar-refractivity contribution in [1.82, 2.24) is 0 Å². The molecule has 1 aliphatic carbocycles. The number of allylic oxidation sites excluding steroid dienone is 3. The van der Waals surface area contributed by atoms with E-state index in [1.165, 1.54) is 10.4 Å². The van der Waals surface area contributed by atoms with Gasteiger partial charge in [-0.05, 0) is 15.8 Å². The van der Waals surface area contributed by atoms with Crippen molar-refractivity contribution >= 4 is 35.7 Å². The first-order chi connectivity index (χ1) is 7.43. The molecule has 82 valence electrons. The lowest BCUT2D eigenvalue weighted by atomic mass is 9.98. The number of fused-ring (bicyclic) bond motifs is 2. The Morgan fingerprint density at radius 2 is 1.69 bits per heavy atom. The van der Waals surface area contributed by atoms with Crippen molar-refractivity contribution in [2.75, 3.05) is 0 Å². The molecule has 1 aromatic rings. The van der Waals surface area contributed by atoms with Crippen molar-refractivity contribution in [1.29, 1.82) is 0 Å². The first-order valence-corrected chi connectivity index (χ1v) is 6.15. The molecule has 1 aromatic carbocycles. The first-order valence-electron chi connectivity index (χ1n) is 5.21. The Morgan fingerprint density at radius 3 is 2.56 bits per heavy atom. The highest BCUT2D eigenvalue weighted by Gasteiger charge is 2.17. The highest BCUT2D eigenvalue weighted by atomic mass is 35.5. The zero-order chi connectivity index (χ0) is 10.1. The lowest BCUT2D eigenvalue weighted by Crippen LogP contribution is -2.23. The van der Waals surface area contributed by atoms with Gasteiger partial charge in [0, 0.05) is 11.2 Å². The molecule has 2 heteroatoms. The molecular formula is C14H13ClS. The monoisotopic (exact) mass is 248 g/mol. The summed E-state index contributed by atoms with van der Waals surface area (Å²) < 4.78 is 0. The normalized spacial score (nSPS) is 25.2. The van der Waals surface area contributed by atoms with E-state index in [4.69, 9.17) is 0 Å². The van der Waals surface area contributed by atoms with Gasteiger partial charge in [0.05, 0.1) is 0 Å². The average molecular weight is 249 g/mol. The topological polar surface area (TPSA) is 0 Å². The fourth-order valence-electron chi connectivity index (χ4n) is 2.02. The summed E-state index contributed by atoms with van der Waals surface area (Å²) in [6, 6.07) is 8.59. The molecule has 1 aliphatic heterocycles. The second-order valence-electron chi connectivity index (χ2n) is 3.86. The minimum atomic E-state index is 0. The molecule has 2 atom stereocenters. The van der Waals surface area contributed by atoms with Crippen LogP contribution in [0.5, 0.6) is 0 Å². The van der Waals surface area contributed by atoms with Crippen molar-refractivity contribution in [2.45, 2.75) is 5.25 Å². The average Bonchev–Trinajstić information content (AvgIpc) is 2.48. The number of benzene rings is 1.